The molecule has 2 aromatic carbocycles. The molecule has 148 valence electrons. The SMILES string of the molecule is Cc1cc(OCCOCCOc2cccc3ccc(C)nc23)cc(C(C)C)c1. The molecule has 4 nitrogen and oxygen atoms in total. The van der Waals surface area contributed by atoms with Crippen LogP contribution in [0.2, 0.25) is 0 Å². The van der Waals surface area contributed by atoms with Gasteiger partial charge in [-0.2, -0.15) is 0 Å². The number of benzene rings is 2. The zero-order valence-electron chi connectivity index (χ0n) is 17.2. The van der Waals surface area contributed by atoms with E-state index in [0.29, 0.717) is 32.3 Å². The third-order valence-electron chi connectivity index (χ3n) is 4.54. The van der Waals surface area contributed by atoms with Crippen molar-refractivity contribution in [1.29, 1.82) is 0 Å². The van der Waals surface area contributed by atoms with Crippen molar-refractivity contribution in [3.05, 3.63) is 65.4 Å². The number of pyridine rings is 1. The zero-order chi connectivity index (χ0) is 19.9. The van der Waals surface area contributed by atoms with Crippen molar-refractivity contribution in [3.63, 3.8) is 0 Å². The third kappa shape index (κ3) is 5.46. The molecule has 0 bridgehead atoms. The van der Waals surface area contributed by atoms with Gasteiger partial charge in [0.25, 0.3) is 0 Å². The molecule has 3 aromatic rings. The van der Waals surface area contributed by atoms with Crippen LogP contribution >= 0.6 is 0 Å². The highest BCUT2D eigenvalue weighted by Crippen LogP contribution is 2.24. The molecule has 0 aliphatic rings. The first-order valence-corrected chi connectivity index (χ1v) is 9.84. The molecular formula is C24H29NO3. The number of aryl methyl sites for hydroxylation is 2. The van der Waals surface area contributed by atoms with Gasteiger partial charge in [-0.1, -0.05) is 38.1 Å². The largest absolute Gasteiger partial charge is 0.491 e. The molecule has 0 spiro atoms. The second kappa shape index (κ2) is 9.56. The number of hydrogen-bond acceptors (Lipinski definition) is 4. The van der Waals surface area contributed by atoms with E-state index in [4.69, 9.17) is 14.2 Å². The lowest BCUT2D eigenvalue weighted by molar-refractivity contribution is 0.0767. The van der Waals surface area contributed by atoms with Crippen LogP contribution in [-0.2, 0) is 4.74 Å². The van der Waals surface area contributed by atoms with Gasteiger partial charge in [-0.3, -0.25) is 0 Å². The van der Waals surface area contributed by atoms with Crippen molar-refractivity contribution in [2.24, 2.45) is 0 Å². The van der Waals surface area contributed by atoms with Gasteiger partial charge in [0.1, 0.15) is 30.2 Å². The van der Waals surface area contributed by atoms with E-state index < -0.39 is 0 Å². The van der Waals surface area contributed by atoms with E-state index >= 15 is 0 Å². The Labute approximate surface area is 167 Å². The summed E-state index contributed by atoms with van der Waals surface area (Å²) >= 11 is 0. The number of rotatable bonds is 9. The molecule has 0 aliphatic carbocycles. The molecule has 3 rings (SSSR count). The van der Waals surface area contributed by atoms with Crippen LogP contribution in [0, 0.1) is 13.8 Å². The Kier molecular flexibility index (Phi) is 6.88. The smallest absolute Gasteiger partial charge is 0.145 e. The Morgan fingerprint density at radius 3 is 2.43 bits per heavy atom. The number of nitrogens with zero attached hydrogens (tertiary/aromatic N) is 1. The van der Waals surface area contributed by atoms with Crippen molar-refractivity contribution in [1.82, 2.24) is 4.98 Å². The van der Waals surface area contributed by atoms with E-state index in [9.17, 15) is 0 Å². The normalized spacial score (nSPS) is 11.2. The molecule has 0 N–H and O–H groups in total. The Morgan fingerprint density at radius 2 is 1.64 bits per heavy atom. The molecule has 0 saturated heterocycles. The summed E-state index contributed by atoms with van der Waals surface area (Å²) < 4.78 is 17.4. The van der Waals surface area contributed by atoms with E-state index in [1.165, 1.54) is 11.1 Å². The standard InChI is InChI=1S/C24H29NO3/c1-17(2)21-14-18(3)15-22(16-21)27-12-10-26-11-13-28-23-7-5-6-20-9-8-19(4)25-24(20)23/h5-9,14-17H,10-13H2,1-4H3. The maximum atomic E-state index is 5.87. The van der Waals surface area contributed by atoms with Crippen molar-refractivity contribution in [3.8, 4) is 11.5 Å². The predicted octanol–water partition coefficient (Wildman–Crippen LogP) is 5.45. The van der Waals surface area contributed by atoms with Gasteiger partial charge in [0, 0.05) is 11.1 Å². The Bertz CT molecular complexity index is 921. The average Bonchev–Trinajstić information content (AvgIpc) is 2.67. The molecule has 0 aliphatic heterocycles. The van der Waals surface area contributed by atoms with Crippen LogP contribution in [0.1, 0.15) is 36.6 Å². The quantitative estimate of drug-likeness (QED) is 0.464. The topological polar surface area (TPSA) is 40.6 Å². The third-order valence-corrected chi connectivity index (χ3v) is 4.54. The highest BCUT2D eigenvalue weighted by molar-refractivity contribution is 5.84. The molecule has 0 fully saturated rings. The van der Waals surface area contributed by atoms with Gasteiger partial charge in [0.05, 0.1) is 13.2 Å². The van der Waals surface area contributed by atoms with E-state index in [0.717, 1.165) is 28.1 Å². The first kappa shape index (κ1) is 20.2. The summed E-state index contributed by atoms with van der Waals surface area (Å²) in [6.45, 7) is 10.5. The summed E-state index contributed by atoms with van der Waals surface area (Å²) in [5, 5.41) is 1.08. The molecule has 0 saturated carbocycles. The maximum Gasteiger partial charge on any atom is 0.145 e. The highest BCUT2D eigenvalue weighted by Gasteiger charge is 2.05. The van der Waals surface area contributed by atoms with E-state index in [2.05, 4.69) is 50.0 Å². The molecule has 1 heterocycles. The molecule has 0 amide bonds. The highest BCUT2D eigenvalue weighted by atomic mass is 16.5. The van der Waals surface area contributed by atoms with E-state index in [-0.39, 0.29) is 0 Å². The summed E-state index contributed by atoms with van der Waals surface area (Å²) in [4.78, 5) is 4.58. The predicted molar refractivity (Wildman–Crippen MR) is 114 cm³/mol. The summed E-state index contributed by atoms with van der Waals surface area (Å²) in [5.74, 6) is 2.19. The summed E-state index contributed by atoms with van der Waals surface area (Å²) in [5.41, 5.74) is 4.39. The fourth-order valence-corrected chi connectivity index (χ4v) is 3.06. The minimum atomic E-state index is 0.483. The fourth-order valence-electron chi connectivity index (χ4n) is 3.06. The van der Waals surface area contributed by atoms with Crippen molar-refractivity contribution in [2.75, 3.05) is 26.4 Å². The van der Waals surface area contributed by atoms with Crippen LogP contribution in [0.5, 0.6) is 11.5 Å². The number of ether oxygens (including phenoxy) is 3. The molecule has 4 heteroatoms. The van der Waals surface area contributed by atoms with Gasteiger partial charge in [-0.25, -0.2) is 4.98 Å². The minimum absolute atomic E-state index is 0.483. The second-order valence-corrected chi connectivity index (χ2v) is 7.32. The fraction of sp³-hybridized carbons (Fsp3) is 0.375. The zero-order valence-corrected chi connectivity index (χ0v) is 17.2. The van der Waals surface area contributed by atoms with Crippen LogP contribution in [0.4, 0.5) is 0 Å². The summed E-state index contributed by atoms with van der Waals surface area (Å²) in [7, 11) is 0. The van der Waals surface area contributed by atoms with Gasteiger partial charge < -0.3 is 14.2 Å². The van der Waals surface area contributed by atoms with Crippen molar-refractivity contribution in [2.45, 2.75) is 33.6 Å². The second-order valence-electron chi connectivity index (χ2n) is 7.32. The lowest BCUT2D eigenvalue weighted by atomic mass is 10.0. The van der Waals surface area contributed by atoms with Crippen LogP contribution in [0.15, 0.2) is 48.5 Å². The van der Waals surface area contributed by atoms with Crippen LogP contribution in [-0.4, -0.2) is 31.4 Å². The van der Waals surface area contributed by atoms with Gasteiger partial charge in [0.15, 0.2) is 0 Å². The van der Waals surface area contributed by atoms with Crippen molar-refractivity contribution >= 4 is 10.9 Å². The van der Waals surface area contributed by atoms with Gasteiger partial charge in [-0.05, 0) is 55.2 Å². The average molecular weight is 380 g/mol. The van der Waals surface area contributed by atoms with Gasteiger partial charge in [0.2, 0.25) is 0 Å². The first-order chi connectivity index (χ1) is 13.5. The summed E-state index contributed by atoms with van der Waals surface area (Å²) in [6, 6.07) is 16.4. The Hall–Kier alpha value is -2.59. The number of fused-ring (bicyclic) bond motifs is 1. The lowest BCUT2D eigenvalue weighted by Gasteiger charge is -2.12. The Balaban J connectivity index is 1.41. The van der Waals surface area contributed by atoms with Gasteiger partial charge >= 0.3 is 0 Å². The molecule has 0 unspecified atom stereocenters. The summed E-state index contributed by atoms with van der Waals surface area (Å²) in [6.07, 6.45) is 0. The molecular weight excluding hydrogens is 350 g/mol. The first-order valence-electron chi connectivity index (χ1n) is 9.84. The van der Waals surface area contributed by atoms with Crippen LogP contribution < -0.4 is 9.47 Å². The molecule has 1 aromatic heterocycles. The number of aromatic nitrogens is 1. The number of para-hydroxylation sites is 1. The minimum Gasteiger partial charge on any atom is -0.491 e. The maximum absolute atomic E-state index is 5.87. The molecule has 0 atom stereocenters. The number of hydrogen-bond donors (Lipinski definition) is 0. The van der Waals surface area contributed by atoms with Crippen LogP contribution in [0.3, 0.4) is 0 Å². The van der Waals surface area contributed by atoms with Crippen molar-refractivity contribution < 1.29 is 14.2 Å². The monoisotopic (exact) mass is 379 g/mol. The van der Waals surface area contributed by atoms with E-state index in [1.807, 2.05) is 31.2 Å². The Morgan fingerprint density at radius 1 is 0.857 bits per heavy atom. The molecule has 0 radical (unpaired) electrons. The molecule has 28 heavy (non-hydrogen) atoms. The van der Waals surface area contributed by atoms with E-state index in [1.54, 1.807) is 0 Å². The van der Waals surface area contributed by atoms with Crippen LogP contribution in [0.25, 0.3) is 10.9 Å². The van der Waals surface area contributed by atoms with Gasteiger partial charge in [-0.15, -0.1) is 0 Å². The lowest BCUT2D eigenvalue weighted by Crippen LogP contribution is -2.12.